The SMILES string of the molecule is COc1ccc(C(=O)NN=Cc2c(Cl)[nH]c3ccccc23)cc1. The summed E-state index contributed by atoms with van der Waals surface area (Å²) in [6.45, 7) is 0. The van der Waals surface area contributed by atoms with Crippen LogP contribution in [-0.2, 0) is 0 Å². The van der Waals surface area contributed by atoms with Crippen molar-refractivity contribution >= 4 is 34.6 Å². The number of hydrazone groups is 1. The number of halogens is 1. The zero-order valence-corrected chi connectivity index (χ0v) is 13.1. The number of aromatic amines is 1. The van der Waals surface area contributed by atoms with Gasteiger partial charge < -0.3 is 9.72 Å². The van der Waals surface area contributed by atoms with Gasteiger partial charge in [-0.15, -0.1) is 0 Å². The number of nitrogens with zero attached hydrogens (tertiary/aromatic N) is 1. The van der Waals surface area contributed by atoms with Gasteiger partial charge in [-0.25, -0.2) is 5.43 Å². The summed E-state index contributed by atoms with van der Waals surface area (Å²) in [5.41, 5.74) is 4.63. The molecule has 6 heteroatoms. The second-order valence-electron chi connectivity index (χ2n) is 4.83. The van der Waals surface area contributed by atoms with E-state index in [-0.39, 0.29) is 5.91 Å². The van der Waals surface area contributed by atoms with Crippen LogP contribution in [0.25, 0.3) is 10.9 Å². The fourth-order valence-corrected chi connectivity index (χ4v) is 2.47. The Morgan fingerprint density at radius 3 is 2.70 bits per heavy atom. The Bertz CT molecular complexity index is 869. The zero-order chi connectivity index (χ0) is 16.2. The van der Waals surface area contributed by atoms with Crippen LogP contribution in [0.1, 0.15) is 15.9 Å². The molecular formula is C17H14ClN3O2. The topological polar surface area (TPSA) is 66.5 Å². The highest BCUT2D eigenvalue weighted by Crippen LogP contribution is 2.24. The third-order valence-electron chi connectivity index (χ3n) is 3.41. The van der Waals surface area contributed by atoms with E-state index in [2.05, 4.69) is 15.5 Å². The average molecular weight is 328 g/mol. The Morgan fingerprint density at radius 1 is 1.22 bits per heavy atom. The Morgan fingerprint density at radius 2 is 1.96 bits per heavy atom. The molecule has 0 bridgehead atoms. The molecule has 1 amide bonds. The first-order chi connectivity index (χ1) is 11.2. The summed E-state index contributed by atoms with van der Waals surface area (Å²) in [6.07, 6.45) is 1.53. The van der Waals surface area contributed by atoms with E-state index in [0.717, 1.165) is 16.5 Å². The van der Waals surface area contributed by atoms with Crippen molar-refractivity contribution in [1.29, 1.82) is 0 Å². The second kappa shape index (κ2) is 6.54. The maximum absolute atomic E-state index is 12.0. The van der Waals surface area contributed by atoms with E-state index in [1.807, 2.05) is 24.3 Å². The molecule has 23 heavy (non-hydrogen) atoms. The molecule has 0 aliphatic rings. The minimum Gasteiger partial charge on any atom is -0.497 e. The molecule has 3 aromatic rings. The van der Waals surface area contributed by atoms with Gasteiger partial charge in [-0.3, -0.25) is 4.79 Å². The molecule has 0 aliphatic carbocycles. The third-order valence-corrected chi connectivity index (χ3v) is 3.71. The Kier molecular flexibility index (Phi) is 4.30. The minimum absolute atomic E-state index is 0.306. The van der Waals surface area contributed by atoms with E-state index in [4.69, 9.17) is 16.3 Å². The molecule has 1 aromatic heterocycles. The van der Waals surface area contributed by atoms with E-state index in [0.29, 0.717) is 16.5 Å². The predicted molar refractivity (Wildman–Crippen MR) is 91.4 cm³/mol. The van der Waals surface area contributed by atoms with Gasteiger partial charge in [0.05, 0.1) is 13.3 Å². The molecule has 0 atom stereocenters. The third kappa shape index (κ3) is 3.19. The highest BCUT2D eigenvalue weighted by atomic mass is 35.5. The van der Waals surface area contributed by atoms with Gasteiger partial charge >= 0.3 is 0 Å². The van der Waals surface area contributed by atoms with E-state index >= 15 is 0 Å². The Hall–Kier alpha value is -2.79. The second-order valence-corrected chi connectivity index (χ2v) is 5.20. The summed E-state index contributed by atoms with van der Waals surface area (Å²) in [5, 5.41) is 5.41. The van der Waals surface area contributed by atoms with Crippen LogP contribution in [0.4, 0.5) is 0 Å². The quantitative estimate of drug-likeness (QED) is 0.568. The van der Waals surface area contributed by atoms with Gasteiger partial charge in [0.15, 0.2) is 0 Å². The molecule has 0 spiro atoms. The lowest BCUT2D eigenvalue weighted by atomic mass is 10.2. The number of benzene rings is 2. The molecule has 0 radical (unpaired) electrons. The number of carbonyl (C=O) groups is 1. The first-order valence-electron chi connectivity index (χ1n) is 6.92. The maximum atomic E-state index is 12.0. The van der Waals surface area contributed by atoms with E-state index in [1.54, 1.807) is 31.4 Å². The zero-order valence-electron chi connectivity index (χ0n) is 12.3. The summed E-state index contributed by atoms with van der Waals surface area (Å²) in [5.74, 6) is 0.385. The number of aromatic nitrogens is 1. The first-order valence-corrected chi connectivity index (χ1v) is 7.30. The molecule has 2 N–H and O–H groups in total. The summed E-state index contributed by atoms with van der Waals surface area (Å²) in [4.78, 5) is 15.1. The Balaban J connectivity index is 1.74. The van der Waals surface area contributed by atoms with Crippen molar-refractivity contribution < 1.29 is 9.53 Å². The van der Waals surface area contributed by atoms with Crippen LogP contribution in [0.5, 0.6) is 5.75 Å². The van der Waals surface area contributed by atoms with Crippen LogP contribution in [0.2, 0.25) is 5.15 Å². The highest BCUT2D eigenvalue weighted by Gasteiger charge is 2.08. The number of rotatable bonds is 4. The summed E-state index contributed by atoms with van der Waals surface area (Å²) in [6, 6.07) is 14.5. The van der Waals surface area contributed by atoms with Crippen molar-refractivity contribution in [2.75, 3.05) is 7.11 Å². The van der Waals surface area contributed by atoms with Crippen LogP contribution in [0.15, 0.2) is 53.6 Å². The standard InChI is InChI=1S/C17H14ClN3O2/c1-23-12-8-6-11(7-9-12)17(22)21-19-10-14-13-4-2-3-5-15(13)20-16(14)18/h2-10,20H,1H3,(H,21,22). The van der Waals surface area contributed by atoms with Crippen LogP contribution in [-0.4, -0.2) is 24.2 Å². The molecule has 0 saturated heterocycles. The van der Waals surface area contributed by atoms with Gasteiger partial charge in [0.25, 0.3) is 5.91 Å². The van der Waals surface area contributed by atoms with Gasteiger partial charge in [-0.2, -0.15) is 5.10 Å². The van der Waals surface area contributed by atoms with Gasteiger partial charge in [0.1, 0.15) is 10.9 Å². The highest BCUT2D eigenvalue weighted by molar-refractivity contribution is 6.34. The molecule has 0 unspecified atom stereocenters. The number of hydrogen-bond donors (Lipinski definition) is 2. The lowest BCUT2D eigenvalue weighted by molar-refractivity contribution is 0.0955. The molecule has 1 heterocycles. The molecule has 3 rings (SSSR count). The molecule has 116 valence electrons. The maximum Gasteiger partial charge on any atom is 0.271 e. The lowest BCUT2D eigenvalue weighted by Crippen LogP contribution is -2.17. The van der Waals surface area contributed by atoms with Gasteiger partial charge in [0, 0.05) is 22.0 Å². The van der Waals surface area contributed by atoms with Crippen molar-refractivity contribution in [3.8, 4) is 5.75 Å². The van der Waals surface area contributed by atoms with Crippen molar-refractivity contribution in [3.05, 3.63) is 64.8 Å². The molecule has 0 aliphatic heterocycles. The number of nitrogens with one attached hydrogen (secondary N) is 2. The fraction of sp³-hybridized carbons (Fsp3) is 0.0588. The van der Waals surface area contributed by atoms with Crippen LogP contribution in [0, 0.1) is 0 Å². The van der Waals surface area contributed by atoms with Crippen molar-refractivity contribution in [2.24, 2.45) is 5.10 Å². The smallest absolute Gasteiger partial charge is 0.271 e. The number of carbonyl (C=O) groups excluding carboxylic acids is 1. The largest absolute Gasteiger partial charge is 0.497 e. The normalized spacial score (nSPS) is 11.0. The molecule has 5 nitrogen and oxygen atoms in total. The number of amides is 1. The predicted octanol–water partition coefficient (Wildman–Crippen LogP) is 3.59. The first kappa shape index (κ1) is 15.1. The fourth-order valence-electron chi connectivity index (χ4n) is 2.22. The van der Waals surface area contributed by atoms with Gasteiger partial charge in [-0.1, -0.05) is 29.8 Å². The monoisotopic (exact) mass is 327 g/mol. The molecule has 0 saturated carbocycles. The molecule has 0 fully saturated rings. The van der Waals surface area contributed by atoms with Gasteiger partial charge in [0.2, 0.25) is 0 Å². The van der Waals surface area contributed by atoms with Crippen LogP contribution in [0.3, 0.4) is 0 Å². The lowest BCUT2D eigenvalue weighted by Gasteiger charge is -2.02. The van der Waals surface area contributed by atoms with E-state index < -0.39 is 0 Å². The number of H-pyrrole nitrogens is 1. The number of para-hydroxylation sites is 1. The summed E-state index contributed by atoms with van der Waals surface area (Å²) in [7, 11) is 1.57. The number of methoxy groups -OCH3 is 1. The van der Waals surface area contributed by atoms with E-state index in [9.17, 15) is 4.79 Å². The molecule has 2 aromatic carbocycles. The van der Waals surface area contributed by atoms with Gasteiger partial charge in [-0.05, 0) is 30.3 Å². The minimum atomic E-state index is -0.306. The van der Waals surface area contributed by atoms with Crippen molar-refractivity contribution in [3.63, 3.8) is 0 Å². The summed E-state index contributed by atoms with van der Waals surface area (Å²) >= 11 is 6.16. The average Bonchev–Trinajstić information content (AvgIpc) is 2.90. The number of ether oxygens (including phenoxy) is 1. The van der Waals surface area contributed by atoms with Crippen LogP contribution < -0.4 is 10.2 Å². The van der Waals surface area contributed by atoms with Crippen molar-refractivity contribution in [2.45, 2.75) is 0 Å². The molecular weight excluding hydrogens is 314 g/mol. The summed E-state index contributed by atoms with van der Waals surface area (Å²) < 4.78 is 5.05. The van der Waals surface area contributed by atoms with E-state index in [1.165, 1.54) is 6.21 Å². The van der Waals surface area contributed by atoms with Crippen molar-refractivity contribution in [1.82, 2.24) is 10.4 Å². The Labute approximate surface area is 137 Å². The number of hydrogen-bond acceptors (Lipinski definition) is 3. The number of fused-ring (bicyclic) bond motifs is 1. The van der Waals surface area contributed by atoms with Crippen LogP contribution >= 0.6 is 11.6 Å².